The first kappa shape index (κ1) is 16.5. The van der Waals surface area contributed by atoms with Crippen LogP contribution in [0.1, 0.15) is 47.0 Å². The van der Waals surface area contributed by atoms with Gasteiger partial charge in [-0.2, -0.15) is 5.26 Å². The first-order chi connectivity index (χ1) is 8.94. The molecule has 0 aromatic carbocycles. The van der Waals surface area contributed by atoms with E-state index in [4.69, 9.17) is 9.79 Å². The molecule has 19 heavy (non-hydrogen) atoms. The second-order valence-corrected chi connectivity index (χ2v) is 8.41. The Morgan fingerprint density at radius 1 is 1.47 bits per heavy atom. The summed E-state index contributed by atoms with van der Waals surface area (Å²) in [5.74, 6) is 3.05. The molecule has 0 saturated heterocycles. The summed E-state index contributed by atoms with van der Waals surface area (Å²) < 4.78 is 18.7. The standard InChI is InChI=1S/C15H26NO2P/c1-5-18-19(17,10-6-9-16)15-11-13(4)7-8-14(15)12(2)3/h6,10,12-15H,5,7-8,11H2,1-4H3/b10-6+/t13-,14+,15-,19?/m1/s1. The van der Waals surface area contributed by atoms with Crippen molar-refractivity contribution in [1.29, 1.82) is 5.26 Å². The molecule has 0 spiro atoms. The second-order valence-electron chi connectivity index (χ2n) is 5.90. The maximum atomic E-state index is 13.1. The van der Waals surface area contributed by atoms with Crippen LogP contribution in [-0.2, 0) is 9.09 Å². The van der Waals surface area contributed by atoms with Gasteiger partial charge in [-0.3, -0.25) is 4.57 Å². The predicted molar refractivity (Wildman–Crippen MR) is 79.1 cm³/mol. The highest BCUT2D eigenvalue weighted by atomic mass is 31.2. The van der Waals surface area contributed by atoms with Crippen LogP contribution < -0.4 is 0 Å². The Balaban J connectivity index is 3.05. The third-order valence-electron chi connectivity index (χ3n) is 4.14. The average Bonchev–Trinajstić information content (AvgIpc) is 2.36. The van der Waals surface area contributed by atoms with Gasteiger partial charge in [-0.05, 0) is 37.5 Å². The highest BCUT2D eigenvalue weighted by molar-refractivity contribution is 7.63. The van der Waals surface area contributed by atoms with Gasteiger partial charge in [0.2, 0.25) is 7.37 Å². The van der Waals surface area contributed by atoms with Crippen LogP contribution in [0.5, 0.6) is 0 Å². The van der Waals surface area contributed by atoms with Crippen molar-refractivity contribution in [2.75, 3.05) is 6.61 Å². The topological polar surface area (TPSA) is 50.1 Å². The first-order valence-electron chi connectivity index (χ1n) is 7.25. The summed E-state index contributed by atoms with van der Waals surface area (Å²) in [5, 5.41) is 8.71. The smallest absolute Gasteiger partial charge is 0.229 e. The van der Waals surface area contributed by atoms with Gasteiger partial charge in [0.05, 0.1) is 12.7 Å². The molecule has 1 saturated carbocycles. The van der Waals surface area contributed by atoms with Crippen LogP contribution in [0.3, 0.4) is 0 Å². The van der Waals surface area contributed by atoms with Gasteiger partial charge < -0.3 is 4.52 Å². The Bertz CT molecular complexity index is 397. The van der Waals surface area contributed by atoms with Gasteiger partial charge >= 0.3 is 0 Å². The molecule has 4 heteroatoms. The Labute approximate surface area is 117 Å². The minimum Gasteiger partial charge on any atom is -0.326 e. The lowest BCUT2D eigenvalue weighted by Gasteiger charge is -2.40. The molecule has 108 valence electrons. The normalized spacial score (nSPS) is 31.3. The molecule has 0 aliphatic heterocycles. The van der Waals surface area contributed by atoms with Gasteiger partial charge in [-0.15, -0.1) is 0 Å². The Kier molecular flexibility index (Phi) is 6.30. The highest BCUT2D eigenvalue weighted by Crippen LogP contribution is 2.61. The maximum Gasteiger partial charge on any atom is 0.229 e. The Morgan fingerprint density at radius 3 is 2.68 bits per heavy atom. The molecule has 1 unspecified atom stereocenters. The number of allylic oxidation sites excluding steroid dienone is 1. The van der Waals surface area contributed by atoms with Crippen molar-refractivity contribution in [2.24, 2.45) is 17.8 Å². The van der Waals surface area contributed by atoms with E-state index in [0.717, 1.165) is 12.8 Å². The van der Waals surface area contributed by atoms with E-state index in [1.807, 2.05) is 13.0 Å². The number of nitrogens with zero attached hydrogens (tertiary/aromatic N) is 1. The lowest BCUT2D eigenvalue weighted by atomic mass is 9.77. The fraction of sp³-hybridized carbons (Fsp3) is 0.800. The van der Waals surface area contributed by atoms with E-state index in [1.54, 1.807) is 0 Å². The molecule has 0 aromatic rings. The Hall–Kier alpha value is -0.580. The van der Waals surface area contributed by atoms with E-state index in [1.165, 1.54) is 18.3 Å². The molecule has 0 aromatic heterocycles. The van der Waals surface area contributed by atoms with E-state index in [9.17, 15) is 4.57 Å². The van der Waals surface area contributed by atoms with Crippen LogP contribution in [0.15, 0.2) is 11.9 Å². The number of hydrogen-bond acceptors (Lipinski definition) is 3. The molecule has 0 radical (unpaired) electrons. The molecular weight excluding hydrogens is 257 g/mol. The number of nitriles is 1. The van der Waals surface area contributed by atoms with E-state index in [2.05, 4.69) is 20.8 Å². The van der Waals surface area contributed by atoms with Gasteiger partial charge in [0.15, 0.2) is 0 Å². The minimum absolute atomic E-state index is 0.0702. The monoisotopic (exact) mass is 283 g/mol. The van der Waals surface area contributed by atoms with Crippen LogP contribution in [0.4, 0.5) is 0 Å². The zero-order valence-electron chi connectivity index (χ0n) is 12.5. The van der Waals surface area contributed by atoms with Gasteiger partial charge in [-0.25, -0.2) is 0 Å². The van der Waals surface area contributed by atoms with Gasteiger partial charge in [0.25, 0.3) is 0 Å². The molecule has 0 heterocycles. The first-order valence-corrected chi connectivity index (χ1v) is 9.02. The van der Waals surface area contributed by atoms with Gasteiger partial charge in [0, 0.05) is 17.6 Å². The molecule has 0 N–H and O–H groups in total. The fourth-order valence-corrected chi connectivity index (χ4v) is 6.01. The van der Waals surface area contributed by atoms with Crippen molar-refractivity contribution in [2.45, 2.75) is 52.6 Å². The molecule has 0 amide bonds. The number of hydrogen-bond donors (Lipinski definition) is 0. The molecular formula is C15H26NO2P. The molecule has 0 bridgehead atoms. The van der Waals surface area contributed by atoms with Crippen LogP contribution in [0.25, 0.3) is 0 Å². The van der Waals surface area contributed by atoms with Crippen molar-refractivity contribution >= 4 is 7.37 Å². The van der Waals surface area contributed by atoms with Crippen LogP contribution in [0, 0.1) is 29.1 Å². The highest BCUT2D eigenvalue weighted by Gasteiger charge is 2.42. The zero-order chi connectivity index (χ0) is 14.5. The van der Waals surface area contributed by atoms with Gasteiger partial charge in [0.1, 0.15) is 0 Å². The molecule has 4 atom stereocenters. The van der Waals surface area contributed by atoms with Crippen molar-refractivity contribution in [1.82, 2.24) is 0 Å². The van der Waals surface area contributed by atoms with Crippen molar-refractivity contribution in [3.05, 3.63) is 11.9 Å². The van der Waals surface area contributed by atoms with E-state index in [0.29, 0.717) is 24.4 Å². The van der Waals surface area contributed by atoms with E-state index < -0.39 is 7.37 Å². The number of rotatable bonds is 5. The lowest BCUT2D eigenvalue weighted by Crippen LogP contribution is -2.32. The molecule has 1 fully saturated rings. The van der Waals surface area contributed by atoms with Crippen molar-refractivity contribution in [3.63, 3.8) is 0 Å². The summed E-state index contributed by atoms with van der Waals surface area (Å²) >= 11 is 0. The molecule has 3 nitrogen and oxygen atoms in total. The maximum absolute atomic E-state index is 13.1. The minimum atomic E-state index is -2.86. The fourth-order valence-electron chi connectivity index (χ4n) is 3.15. The summed E-state index contributed by atoms with van der Waals surface area (Å²) in [5.41, 5.74) is 0.0702. The summed E-state index contributed by atoms with van der Waals surface area (Å²) in [6, 6.07) is 1.94. The average molecular weight is 283 g/mol. The Morgan fingerprint density at radius 2 is 2.16 bits per heavy atom. The second kappa shape index (κ2) is 7.27. The summed E-state index contributed by atoms with van der Waals surface area (Å²) in [7, 11) is -2.86. The quantitative estimate of drug-likeness (QED) is 0.538. The largest absolute Gasteiger partial charge is 0.326 e. The SMILES string of the molecule is CCOP(=O)(/C=C/C#N)[C@@H]1C[C@H](C)CC[C@H]1C(C)C. The zero-order valence-corrected chi connectivity index (χ0v) is 13.4. The third-order valence-corrected chi connectivity index (χ3v) is 6.88. The van der Waals surface area contributed by atoms with E-state index in [-0.39, 0.29) is 5.66 Å². The third kappa shape index (κ3) is 4.20. The van der Waals surface area contributed by atoms with E-state index >= 15 is 0 Å². The summed E-state index contributed by atoms with van der Waals surface area (Å²) in [6.07, 6.45) is 4.58. The van der Waals surface area contributed by atoms with Gasteiger partial charge in [-0.1, -0.05) is 27.2 Å². The predicted octanol–water partition coefficient (Wildman–Crippen LogP) is 4.80. The molecule has 1 aliphatic rings. The molecule has 1 rings (SSSR count). The van der Waals surface area contributed by atoms with Crippen LogP contribution in [-0.4, -0.2) is 12.3 Å². The van der Waals surface area contributed by atoms with Crippen molar-refractivity contribution in [3.8, 4) is 6.07 Å². The summed E-state index contributed by atoms with van der Waals surface area (Å²) in [4.78, 5) is 0. The van der Waals surface area contributed by atoms with Crippen molar-refractivity contribution < 1.29 is 9.09 Å². The van der Waals surface area contributed by atoms with Crippen LogP contribution >= 0.6 is 7.37 Å². The van der Waals surface area contributed by atoms with Crippen LogP contribution in [0.2, 0.25) is 0 Å². The lowest BCUT2D eigenvalue weighted by molar-refractivity contribution is 0.217. The summed E-state index contributed by atoms with van der Waals surface area (Å²) in [6.45, 7) is 8.90. The molecule has 1 aliphatic carbocycles.